The summed E-state index contributed by atoms with van der Waals surface area (Å²) in [5.74, 6) is 0.0789. The molecule has 2 aromatic rings. The molecule has 162 valence electrons. The van der Waals surface area contributed by atoms with Gasteiger partial charge in [0.25, 0.3) is 6.43 Å². The van der Waals surface area contributed by atoms with Gasteiger partial charge in [-0.25, -0.2) is 18.7 Å². The largest absolute Gasteiger partial charge is 0.632 e. The number of halogens is 2. The number of hydrogen-bond donors (Lipinski definition) is 2. The maximum absolute atomic E-state index is 13.4. The highest BCUT2D eigenvalue weighted by molar-refractivity contribution is 5.97. The number of anilines is 1. The summed E-state index contributed by atoms with van der Waals surface area (Å²) in [5, 5.41) is 16.1. The molecule has 0 aromatic carbocycles. The average molecular weight is 421 g/mol. The van der Waals surface area contributed by atoms with Crippen LogP contribution in [-0.4, -0.2) is 39.1 Å². The van der Waals surface area contributed by atoms with Crippen LogP contribution in [0.15, 0.2) is 24.5 Å². The molecule has 1 aliphatic rings. The summed E-state index contributed by atoms with van der Waals surface area (Å²) >= 11 is 0. The van der Waals surface area contributed by atoms with Crippen LogP contribution in [-0.2, 0) is 24.4 Å². The summed E-state index contributed by atoms with van der Waals surface area (Å²) in [5.41, 5.74) is 7.49. The predicted octanol–water partition coefficient (Wildman–Crippen LogP) is 2.63. The Balaban J connectivity index is 1.74. The van der Waals surface area contributed by atoms with Crippen LogP contribution < -0.4 is 15.8 Å². The van der Waals surface area contributed by atoms with Crippen molar-refractivity contribution in [3.8, 4) is 5.88 Å². The Morgan fingerprint density at radius 1 is 1.40 bits per heavy atom. The number of aryl methyl sites for hydroxylation is 1. The maximum Gasteiger partial charge on any atom is 0.272 e. The first-order valence-corrected chi connectivity index (χ1v) is 9.47. The van der Waals surface area contributed by atoms with Crippen LogP contribution in [0.1, 0.15) is 36.1 Å². The Hall–Kier alpha value is -2.69. The third-order valence-electron chi connectivity index (χ3n) is 4.78. The van der Waals surface area contributed by atoms with E-state index in [1.807, 2.05) is 0 Å². The van der Waals surface area contributed by atoms with Gasteiger partial charge < -0.3 is 25.6 Å². The topological polar surface area (TPSA) is 113 Å². The molecule has 2 aromatic heterocycles. The van der Waals surface area contributed by atoms with Gasteiger partial charge in [0, 0.05) is 29.1 Å². The molecule has 3 heterocycles. The lowest BCUT2D eigenvalue weighted by Crippen LogP contribution is -2.45. The van der Waals surface area contributed by atoms with Crippen molar-refractivity contribution in [1.29, 1.82) is 0 Å². The molecule has 1 amide bonds. The standard InChI is InChI=1S/C20H25F2N5O3/c1-12-6-13(7-25-18(12)30-11-16(21)22)8-27(29)9-14-4-5-24-17(15(14)10-27)26-19(28)20(2,3)23/h4-7,16H,8-11,23H2,1-3H3,(H,24,26,28). The predicted molar refractivity (Wildman–Crippen MR) is 106 cm³/mol. The zero-order chi connectivity index (χ0) is 22.1. The minimum atomic E-state index is -2.59. The molecule has 1 aliphatic heterocycles. The van der Waals surface area contributed by atoms with E-state index < -0.39 is 29.1 Å². The molecule has 0 radical (unpaired) electrons. The number of ether oxygens (including phenoxy) is 1. The van der Waals surface area contributed by atoms with Crippen molar-refractivity contribution in [2.45, 2.75) is 52.4 Å². The Labute approximate surface area is 173 Å². The second-order valence-electron chi connectivity index (χ2n) is 8.17. The summed E-state index contributed by atoms with van der Waals surface area (Å²) in [7, 11) is 0. The van der Waals surface area contributed by atoms with Gasteiger partial charge in [-0.2, -0.15) is 0 Å². The van der Waals surface area contributed by atoms with Crippen LogP contribution in [0.4, 0.5) is 14.6 Å². The van der Waals surface area contributed by atoms with Crippen molar-refractivity contribution in [1.82, 2.24) is 9.97 Å². The number of carbonyl (C=O) groups excluding carboxylic acids is 1. The summed E-state index contributed by atoms with van der Waals surface area (Å²) in [6.07, 6.45) is 0.429. The van der Waals surface area contributed by atoms with Crippen molar-refractivity contribution >= 4 is 11.7 Å². The molecule has 10 heteroatoms. The van der Waals surface area contributed by atoms with Gasteiger partial charge >= 0.3 is 0 Å². The number of quaternary nitrogens is 1. The number of hydrogen-bond acceptors (Lipinski definition) is 6. The monoisotopic (exact) mass is 421 g/mol. The number of fused-ring (bicyclic) bond motifs is 1. The molecule has 0 spiro atoms. The molecular weight excluding hydrogens is 396 g/mol. The summed E-state index contributed by atoms with van der Waals surface area (Å²) in [6.45, 7) is 4.62. The quantitative estimate of drug-likeness (QED) is 0.525. The van der Waals surface area contributed by atoms with Crippen LogP contribution >= 0.6 is 0 Å². The summed E-state index contributed by atoms with van der Waals surface area (Å²) in [6, 6.07) is 3.48. The van der Waals surface area contributed by atoms with E-state index in [4.69, 9.17) is 10.5 Å². The number of aromatic nitrogens is 2. The van der Waals surface area contributed by atoms with Gasteiger partial charge in [0.1, 0.15) is 25.5 Å². The van der Waals surface area contributed by atoms with Crippen molar-refractivity contribution in [2.24, 2.45) is 5.73 Å². The molecular formula is C20H25F2N5O3. The van der Waals surface area contributed by atoms with E-state index >= 15 is 0 Å². The summed E-state index contributed by atoms with van der Waals surface area (Å²) < 4.78 is 29.0. The zero-order valence-electron chi connectivity index (χ0n) is 17.1. The first kappa shape index (κ1) is 22.0. The van der Waals surface area contributed by atoms with E-state index in [9.17, 15) is 18.8 Å². The van der Waals surface area contributed by atoms with Gasteiger partial charge in [-0.15, -0.1) is 0 Å². The molecule has 3 N–H and O–H groups in total. The van der Waals surface area contributed by atoms with Gasteiger partial charge in [-0.05, 0) is 32.9 Å². The van der Waals surface area contributed by atoms with E-state index in [1.165, 1.54) is 6.20 Å². The Morgan fingerprint density at radius 3 is 2.77 bits per heavy atom. The second-order valence-corrected chi connectivity index (χ2v) is 8.17. The van der Waals surface area contributed by atoms with E-state index in [0.29, 0.717) is 22.5 Å². The third-order valence-corrected chi connectivity index (χ3v) is 4.78. The molecule has 0 saturated carbocycles. The van der Waals surface area contributed by atoms with E-state index in [1.54, 1.807) is 39.1 Å². The van der Waals surface area contributed by atoms with E-state index in [2.05, 4.69) is 15.3 Å². The van der Waals surface area contributed by atoms with Crippen molar-refractivity contribution in [2.75, 3.05) is 11.9 Å². The lowest BCUT2D eigenvalue weighted by molar-refractivity contribution is -0.913. The number of amides is 1. The smallest absolute Gasteiger partial charge is 0.272 e. The number of alkyl halides is 2. The van der Waals surface area contributed by atoms with Crippen LogP contribution in [0.3, 0.4) is 0 Å². The fourth-order valence-corrected chi connectivity index (χ4v) is 3.33. The molecule has 8 nitrogen and oxygen atoms in total. The number of nitrogens with zero attached hydrogens (tertiary/aromatic N) is 3. The fraction of sp³-hybridized carbons (Fsp3) is 0.450. The molecule has 30 heavy (non-hydrogen) atoms. The average Bonchev–Trinajstić information content (AvgIpc) is 2.97. The first-order chi connectivity index (χ1) is 14.0. The van der Waals surface area contributed by atoms with Crippen LogP contribution in [0.2, 0.25) is 0 Å². The van der Waals surface area contributed by atoms with Gasteiger partial charge in [0.05, 0.1) is 11.1 Å². The number of rotatable bonds is 7. The zero-order valence-corrected chi connectivity index (χ0v) is 17.1. The van der Waals surface area contributed by atoms with E-state index in [-0.39, 0.29) is 25.5 Å². The molecule has 0 fully saturated rings. The highest BCUT2D eigenvalue weighted by Gasteiger charge is 2.33. The lowest BCUT2D eigenvalue weighted by atomic mass is 10.1. The van der Waals surface area contributed by atoms with Gasteiger partial charge in [-0.1, -0.05) is 0 Å². The third kappa shape index (κ3) is 5.07. The molecule has 3 rings (SSSR count). The number of nitrogens with two attached hydrogens (primary N) is 1. The van der Waals surface area contributed by atoms with Crippen LogP contribution in [0.25, 0.3) is 0 Å². The number of hydroxylamine groups is 3. The Bertz CT molecular complexity index is 949. The van der Waals surface area contributed by atoms with Crippen molar-refractivity contribution in [3.05, 3.63) is 52.0 Å². The highest BCUT2D eigenvalue weighted by Crippen LogP contribution is 2.35. The fourth-order valence-electron chi connectivity index (χ4n) is 3.33. The molecule has 0 bridgehead atoms. The van der Waals surface area contributed by atoms with Gasteiger partial charge in [0.15, 0.2) is 6.61 Å². The molecule has 1 atom stereocenters. The molecule has 0 saturated heterocycles. The first-order valence-electron chi connectivity index (χ1n) is 9.47. The van der Waals surface area contributed by atoms with Crippen molar-refractivity contribution in [3.63, 3.8) is 0 Å². The van der Waals surface area contributed by atoms with E-state index in [0.717, 1.165) is 5.56 Å². The Morgan fingerprint density at radius 2 is 2.13 bits per heavy atom. The SMILES string of the molecule is Cc1cc(C[N+]2([O-])Cc3ccnc(NC(=O)C(C)(C)N)c3C2)cnc1OCC(F)F. The number of nitrogens with one attached hydrogen (secondary N) is 1. The van der Waals surface area contributed by atoms with Crippen LogP contribution in [0.5, 0.6) is 5.88 Å². The Kier molecular flexibility index (Phi) is 6.02. The lowest BCUT2D eigenvalue weighted by Gasteiger charge is -2.38. The minimum absolute atomic E-state index is 0.125. The number of pyridine rings is 2. The summed E-state index contributed by atoms with van der Waals surface area (Å²) in [4.78, 5) is 20.5. The number of carbonyl (C=O) groups is 1. The normalized spacial score (nSPS) is 18.4. The van der Waals surface area contributed by atoms with Crippen molar-refractivity contribution < 1.29 is 23.0 Å². The van der Waals surface area contributed by atoms with Gasteiger partial charge in [-0.3, -0.25) is 4.79 Å². The molecule has 0 aliphatic carbocycles. The maximum atomic E-state index is 13.4. The van der Waals surface area contributed by atoms with Gasteiger partial charge in [0.2, 0.25) is 11.8 Å². The molecule has 1 unspecified atom stereocenters. The van der Waals surface area contributed by atoms with Crippen LogP contribution in [0, 0.1) is 12.1 Å². The minimum Gasteiger partial charge on any atom is -0.632 e. The highest BCUT2D eigenvalue weighted by atomic mass is 19.3. The second kappa shape index (κ2) is 8.21.